The molecule has 2 aromatic rings. The molecule has 5 heteroatoms. The molecule has 0 bridgehead atoms. The number of carbonyl (C=O) groups is 1. The zero-order valence-corrected chi connectivity index (χ0v) is 16.2. The molecule has 1 heterocycles. The molecule has 5 nitrogen and oxygen atoms in total. The number of aryl methyl sites for hydroxylation is 2. The highest BCUT2D eigenvalue weighted by Crippen LogP contribution is 2.17. The number of hydrogen-bond acceptors (Lipinski definition) is 3. The van der Waals surface area contributed by atoms with E-state index in [-0.39, 0.29) is 11.9 Å². The number of carbonyl (C=O) groups excluding carboxylic acids is 1. The topological polar surface area (TPSA) is 61.9 Å². The maximum absolute atomic E-state index is 12.8. The summed E-state index contributed by atoms with van der Waals surface area (Å²) in [5, 5.41) is 13.3. The summed E-state index contributed by atoms with van der Waals surface area (Å²) in [6.45, 7) is 9.33. The van der Waals surface area contributed by atoms with Gasteiger partial charge in [0.1, 0.15) is 0 Å². The predicted octanol–water partition coefficient (Wildman–Crippen LogP) is 3.78. The van der Waals surface area contributed by atoms with Crippen LogP contribution in [0.3, 0.4) is 0 Å². The highest BCUT2D eigenvalue weighted by Gasteiger charge is 2.19. The van der Waals surface area contributed by atoms with Crippen molar-refractivity contribution in [2.24, 2.45) is 0 Å². The largest absolute Gasteiger partial charge is 0.336 e. The third kappa shape index (κ3) is 4.95. The Morgan fingerprint density at radius 2 is 1.96 bits per heavy atom. The van der Waals surface area contributed by atoms with Crippen LogP contribution in [0.5, 0.6) is 0 Å². The van der Waals surface area contributed by atoms with Gasteiger partial charge in [-0.15, -0.1) is 0 Å². The van der Waals surface area contributed by atoms with Gasteiger partial charge in [-0.3, -0.25) is 9.48 Å². The predicted molar refractivity (Wildman–Crippen MR) is 102 cm³/mol. The number of benzene rings is 1. The highest BCUT2D eigenvalue weighted by molar-refractivity contribution is 5.76. The molecule has 1 aromatic heterocycles. The van der Waals surface area contributed by atoms with Crippen molar-refractivity contribution >= 4 is 5.91 Å². The Morgan fingerprint density at radius 3 is 2.58 bits per heavy atom. The van der Waals surface area contributed by atoms with E-state index in [4.69, 9.17) is 5.26 Å². The fourth-order valence-corrected chi connectivity index (χ4v) is 3.18. The molecular weight excluding hydrogens is 324 g/mol. The molecule has 0 saturated carbocycles. The van der Waals surface area contributed by atoms with Gasteiger partial charge in [-0.1, -0.05) is 30.3 Å². The quantitative estimate of drug-likeness (QED) is 0.726. The van der Waals surface area contributed by atoms with Gasteiger partial charge in [-0.05, 0) is 45.2 Å². The van der Waals surface area contributed by atoms with Gasteiger partial charge in [0.2, 0.25) is 5.91 Å². The average molecular weight is 352 g/mol. The van der Waals surface area contributed by atoms with Gasteiger partial charge in [0, 0.05) is 24.7 Å². The normalized spacial score (nSPS) is 10.8. The second kappa shape index (κ2) is 9.19. The summed E-state index contributed by atoms with van der Waals surface area (Å²) in [7, 11) is 0. The molecule has 26 heavy (non-hydrogen) atoms. The first-order valence-electron chi connectivity index (χ1n) is 9.17. The van der Waals surface area contributed by atoms with E-state index in [9.17, 15) is 4.79 Å². The van der Waals surface area contributed by atoms with Crippen molar-refractivity contribution in [3.8, 4) is 6.07 Å². The van der Waals surface area contributed by atoms with Crippen molar-refractivity contribution in [2.45, 2.75) is 66.1 Å². The number of rotatable bonds is 8. The van der Waals surface area contributed by atoms with Crippen LogP contribution < -0.4 is 0 Å². The first kappa shape index (κ1) is 19.7. The molecule has 0 N–H and O–H groups in total. The minimum atomic E-state index is 0.156. The fourth-order valence-electron chi connectivity index (χ4n) is 3.18. The van der Waals surface area contributed by atoms with Crippen molar-refractivity contribution in [3.05, 3.63) is 52.8 Å². The summed E-state index contributed by atoms with van der Waals surface area (Å²) in [6, 6.07) is 12.4. The summed E-state index contributed by atoms with van der Waals surface area (Å²) in [6.07, 6.45) is 1.59. The Labute approximate surface area is 156 Å². The first-order chi connectivity index (χ1) is 12.4. The third-order valence-corrected chi connectivity index (χ3v) is 4.70. The van der Waals surface area contributed by atoms with E-state index in [1.807, 2.05) is 41.6 Å². The van der Waals surface area contributed by atoms with Crippen LogP contribution in [-0.2, 0) is 24.3 Å². The van der Waals surface area contributed by atoms with Crippen molar-refractivity contribution < 1.29 is 4.79 Å². The summed E-state index contributed by atoms with van der Waals surface area (Å²) in [4.78, 5) is 14.8. The molecule has 0 spiro atoms. The molecule has 0 aliphatic heterocycles. The minimum Gasteiger partial charge on any atom is -0.336 e. The van der Waals surface area contributed by atoms with Gasteiger partial charge >= 0.3 is 0 Å². The van der Waals surface area contributed by atoms with E-state index in [1.54, 1.807) is 0 Å². The summed E-state index contributed by atoms with van der Waals surface area (Å²) in [5.41, 5.74) is 4.28. The lowest BCUT2D eigenvalue weighted by Gasteiger charge is -2.27. The van der Waals surface area contributed by atoms with Crippen molar-refractivity contribution in [2.75, 3.05) is 0 Å². The average Bonchev–Trinajstić information content (AvgIpc) is 2.89. The fraction of sp³-hybridized carbons (Fsp3) is 0.476. The van der Waals surface area contributed by atoms with Gasteiger partial charge in [0.25, 0.3) is 0 Å². The van der Waals surface area contributed by atoms with Crippen molar-refractivity contribution in [3.63, 3.8) is 0 Å². The Hall–Kier alpha value is -2.61. The first-order valence-corrected chi connectivity index (χ1v) is 9.17. The van der Waals surface area contributed by atoms with Crippen molar-refractivity contribution in [1.82, 2.24) is 14.7 Å². The summed E-state index contributed by atoms with van der Waals surface area (Å²) in [5.74, 6) is 0.160. The Balaban J connectivity index is 2.04. The second-order valence-corrected chi connectivity index (χ2v) is 6.88. The van der Waals surface area contributed by atoms with Crippen LogP contribution in [-0.4, -0.2) is 26.6 Å². The molecule has 138 valence electrons. The van der Waals surface area contributed by atoms with Gasteiger partial charge in [-0.2, -0.15) is 10.4 Å². The Kier molecular flexibility index (Phi) is 6.97. The number of nitrogens with zero attached hydrogens (tertiary/aromatic N) is 4. The van der Waals surface area contributed by atoms with E-state index in [1.165, 1.54) is 0 Å². The molecule has 0 radical (unpaired) electrons. The number of aromatic nitrogens is 2. The Morgan fingerprint density at radius 1 is 1.27 bits per heavy atom. The lowest BCUT2D eigenvalue weighted by atomic mass is 10.1. The zero-order chi connectivity index (χ0) is 19.1. The molecule has 1 amide bonds. The van der Waals surface area contributed by atoms with Crippen LogP contribution in [0.15, 0.2) is 30.3 Å². The van der Waals surface area contributed by atoms with Crippen molar-refractivity contribution in [1.29, 1.82) is 5.26 Å². The maximum atomic E-state index is 12.8. The lowest BCUT2D eigenvalue weighted by Crippen LogP contribution is -2.36. The molecule has 0 saturated heterocycles. The van der Waals surface area contributed by atoms with E-state index >= 15 is 0 Å². The van der Waals surface area contributed by atoms with E-state index in [0.717, 1.165) is 22.5 Å². The lowest BCUT2D eigenvalue weighted by molar-refractivity contribution is -0.133. The number of hydrogen-bond donors (Lipinski definition) is 0. The van der Waals surface area contributed by atoms with E-state index < -0.39 is 0 Å². The van der Waals surface area contributed by atoms with Crippen LogP contribution in [0.25, 0.3) is 0 Å². The van der Waals surface area contributed by atoms with Gasteiger partial charge in [-0.25, -0.2) is 0 Å². The SMILES string of the molecule is Cc1nn(CCC#N)c(C)c1CCC(=O)N(Cc1ccccc1)C(C)C. The van der Waals surface area contributed by atoms with Crippen LogP contribution in [0, 0.1) is 25.2 Å². The minimum absolute atomic E-state index is 0.156. The molecule has 2 rings (SSSR count). The van der Waals surface area contributed by atoms with Crippen LogP contribution >= 0.6 is 0 Å². The molecule has 0 fully saturated rings. The van der Waals surface area contributed by atoms with Crippen LogP contribution in [0.4, 0.5) is 0 Å². The summed E-state index contributed by atoms with van der Waals surface area (Å²) < 4.78 is 1.88. The monoisotopic (exact) mass is 352 g/mol. The van der Waals surface area contributed by atoms with Gasteiger partial charge in [0.15, 0.2) is 0 Å². The maximum Gasteiger partial charge on any atom is 0.223 e. The molecule has 0 atom stereocenters. The van der Waals surface area contributed by atoms with Crippen LogP contribution in [0.1, 0.15) is 49.2 Å². The van der Waals surface area contributed by atoms with E-state index in [2.05, 4.69) is 37.1 Å². The third-order valence-electron chi connectivity index (χ3n) is 4.70. The standard InChI is InChI=1S/C21H28N4O/c1-16(2)24(15-19-9-6-5-7-10-19)21(26)12-11-20-17(3)23-25(18(20)4)14-8-13-22/h5-7,9-10,16H,8,11-12,14-15H2,1-4H3. The molecule has 0 unspecified atom stereocenters. The number of amides is 1. The van der Waals surface area contributed by atoms with Gasteiger partial charge < -0.3 is 4.90 Å². The molecule has 0 aliphatic carbocycles. The summed E-state index contributed by atoms with van der Waals surface area (Å²) >= 11 is 0. The zero-order valence-electron chi connectivity index (χ0n) is 16.2. The van der Waals surface area contributed by atoms with Gasteiger partial charge in [0.05, 0.1) is 24.7 Å². The number of nitriles is 1. The Bertz CT molecular complexity index is 771. The molecular formula is C21H28N4O. The van der Waals surface area contributed by atoms with E-state index in [0.29, 0.717) is 32.4 Å². The van der Waals surface area contributed by atoms with Crippen LogP contribution in [0.2, 0.25) is 0 Å². The molecule has 0 aliphatic rings. The smallest absolute Gasteiger partial charge is 0.223 e. The second-order valence-electron chi connectivity index (χ2n) is 6.88. The highest BCUT2D eigenvalue weighted by atomic mass is 16.2. The molecule has 1 aromatic carbocycles.